The quantitative estimate of drug-likeness (QED) is 0.527. The van der Waals surface area contributed by atoms with Gasteiger partial charge >= 0.3 is 6.18 Å². The first-order valence-corrected chi connectivity index (χ1v) is 9.52. The summed E-state index contributed by atoms with van der Waals surface area (Å²) in [6, 6.07) is 0.442. The molecule has 10 heteroatoms. The van der Waals surface area contributed by atoms with Gasteiger partial charge in [0, 0.05) is 19.0 Å². The molecule has 0 aromatic carbocycles. The van der Waals surface area contributed by atoms with Crippen molar-refractivity contribution in [3.05, 3.63) is 5.82 Å². The number of rotatable bonds is 9. The monoisotopic (exact) mass is 380 g/mol. The number of aromatic nitrogens is 3. The molecule has 0 atom stereocenters. The average Bonchev–Trinajstić information content (AvgIpc) is 3.19. The molecule has 0 radical (unpaired) electrons. The first-order valence-electron chi connectivity index (χ1n) is 8.29. The van der Waals surface area contributed by atoms with Crippen LogP contribution in [0, 0.1) is 0 Å². The van der Waals surface area contributed by atoms with Gasteiger partial charge in [0.05, 0.1) is 0 Å². The molecule has 1 saturated carbocycles. The third-order valence-electron chi connectivity index (χ3n) is 4.01. The van der Waals surface area contributed by atoms with Crippen LogP contribution < -0.4 is 5.32 Å². The summed E-state index contributed by atoms with van der Waals surface area (Å²) >= 11 is 1.57. The summed E-state index contributed by atoms with van der Waals surface area (Å²) in [6.07, 6.45) is 3.55. The Labute approximate surface area is 148 Å². The summed E-state index contributed by atoms with van der Waals surface area (Å²) < 4.78 is 42.3. The Balaban J connectivity index is 1.73. The number of amides is 1. The van der Waals surface area contributed by atoms with Gasteiger partial charge in [-0.2, -0.15) is 13.2 Å². The van der Waals surface area contributed by atoms with Crippen LogP contribution in [0.15, 0.2) is 5.16 Å². The third kappa shape index (κ3) is 6.50. The lowest BCUT2D eigenvalue weighted by Gasteiger charge is -2.16. The van der Waals surface area contributed by atoms with Crippen LogP contribution >= 0.6 is 11.8 Å². The standard InChI is InChI=1S/C15H23F3N4O2S/c1-25-14-21-20-12(22(14)11-5-2-3-6-11)7-4-8-19-13(23)9-24-10-15(16,17)18/h11H,2-10H2,1H3,(H,19,23). The van der Waals surface area contributed by atoms with E-state index in [4.69, 9.17) is 0 Å². The highest BCUT2D eigenvalue weighted by atomic mass is 32.2. The number of carbonyl (C=O) groups is 1. The number of hydrogen-bond acceptors (Lipinski definition) is 5. The number of thioether (sulfide) groups is 1. The Kier molecular flexibility index (Phi) is 7.55. The summed E-state index contributed by atoms with van der Waals surface area (Å²) in [5.41, 5.74) is 0. The molecule has 1 aromatic heterocycles. The molecule has 0 aliphatic heterocycles. The van der Waals surface area contributed by atoms with Gasteiger partial charge < -0.3 is 14.6 Å². The van der Waals surface area contributed by atoms with Crippen LogP contribution in [0.4, 0.5) is 13.2 Å². The van der Waals surface area contributed by atoms with E-state index in [1.54, 1.807) is 11.8 Å². The molecule has 0 saturated heterocycles. The number of aryl methyl sites for hydroxylation is 1. The van der Waals surface area contributed by atoms with E-state index in [2.05, 4.69) is 24.8 Å². The summed E-state index contributed by atoms with van der Waals surface area (Å²) in [7, 11) is 0. The van der Waals surface area contributed by atoms with E-state index in [-0.39, 0.29) is 0 Å². The number of halogens is 3. The number of ether oxygens (including phenoxy) is 1. The van der Waals surface area contributed by atoms with Crippen LogP contribution in [0.3, 0.4) is 0 Å². The van der Waals surface area contributed by atoms with Crippen molar-refractivity contribution in [1.82, 2.24) is 20.1 Å². The lowest BCUT2D eigenvalue weighted by molar-refractivity contribution is -0.175. The topological polar surface area (TPSA) is 69.0 Å². The van der Waals surface area contributed by atoms with E-state index in [1.165, 1.54) is 12.8 Å². The van der Waals surface area contributed by atoms with Crippen molar-refractivity contribution < 1.29 is 22.7 Å². The second-order valence-electron chi connectivity index (χ2n) is 5.97. The Morgan fingerprint density at radius 3 is 2.72 bits per heavy atom. The zero-order valence-electron chi connectivity index (χ0n) is 14.1. The Bertz CT molecular complexity index is 559. The molecule has 1 aliphatic carbocycles. The number of carbonyl (C=O) groups excluding carboxylic acids is 1. The number of nitrogens with zero attached hydrogens (tertiary/aromatic N) is 3. The van der Waals surface area contributed by atoms with Gasteiger partial charge in [-0.3, -0.25) is 4.79 Å². The van der Waals surface area contributed by atoms with Crippen molar-refractivity contribution in [3.63, 3.8) is 0 Å². The smallest absolute Gasteiger partial charge is 0.362 e. The fraction of sp³-hybridized carbons (Fsp3) is 0.800. The molecule has 1 heterocycles. The lowest BCUT2D eigenvalue weighted by atomic mass is 10.2. The maximum absolute atomic E-state index is 11.9. The number of hydrogen-bond donors (Lipinski definition) is 1. The van der Waals surface area contributed by atoms with Gasteiger partial charge in [0.25, 0.3) is 0 Å². The molecule has 0 spiro atoms. The summed E-state index contributed by atoms with van der Waals surface area (Å²) in [4.78, 5) is 11.4. The van der Waals surface area contributed by atoms with Crippen LogP contribution in [-0.4, -0.2) is 52.9 Å². The van der Waals surface area contributed by atoms with Crippen molar-refractivity contribution in [1.29, 1.82) is 0 Å². The summed E-state index contributed by atoms with van der Waals surface area (Å²) in [5, 5.41) is 11.9. The SMILES string of the molecule is CSc1nnc(CCCNC(=O)COCC(F)(F)F)n1C1CCCC1. The van der Waals surface area contributed by atoms with Crippen LogP contribution in [0.25, 0.3) is 0 Å². The molecule has 6 nitrogen and oxygen atoms in total. The number of alkyl halides is 3. The Morgan fingerprint density at radius 2 is 2.08 bits per heavy atom. The maximum Gasteiger partial charge on any atom is 0.411 e. The van der Waals surface area contributed by atoms with E-state index in [0.29, 0.717) is 25.4 Å². The highest BCUT2D eigenvalue weighted by molar-refractivity contribution is 7.98. The van der Waals surface area contributed by atoms with Crippen LogP contribution in [0.5, 0.6) is 0 Å². The van der Waals surface area contributed by atoms with E-state index < -0.39 is 25.3 Å². The zero-order valence-corrected chi connectivity index (χ0v) is 15.0. The maximum atomic E-state index is 11.9. The predicted molar refractivity (Wildman–Crippen MR) is 87.5 cm³/mol. The van der Waals surface area contributed by atoms with Gasteiger partial charge in [-0.25, -0.2) is 0 Å². The fourth-order valence-electron chi connectivity index (χ4n) is 2.93. The summed E-state index contributed by atoms with van der Waals surface area (Å²) in [6.45, 7) is -1.64. The van der Waals surface area contributed by atoms with Crippen LogP contribution in [-0.2, 0) is 16.0 Å². The summed E-state index contributed by atoms with van der Waals surface area (Å²) in [5.74, 6) is 0.352. The molecular weight excluding hydrogens is 357 g/mol. The van der Waals surface area contributed by atoms with Crippen molar-refractivity contribution in [3.8, 4) is 0 Å². The molecule has 25 heavy (non-hydrogen) atoms. The molecule has 1 aliphatic rings. The normalized spacial score (nSPS) is 15.7. The third-order valence-corrected chi connectivity index (χ3v) is 4.65. The van der Waals surface area contributed by atoms with Gasteiger partial charge in [-0.1, -0.05) is 24.6 Å². The van der Waals surface area contributed by atoms with E-state index in [1.807, 2.05) is 6.26 Å². The first kappa shape index (κ1) is 20.0. The molecule has 2 rings (SSSR count). The van der Waals surface area contributed by atoms with Gasteiger partial charge in [0.15, 0.2) is 5.16 Å². The second kappa shape index (κ2) is 9.42. The lowest BCUT2D eigenvalue weighted by Crippen LogP contribution is -2.30. The largest absolute Gasteiger partial charge is 0.411 e. The Hall–Kier alpha value is -1.29. The number of nitrogens with one attached hydrogen (secondary N) is 1. The Morgan fingerprint density at radius 1 is 1.36 bits per heavy atom. The highest BCUT2D eigenvalue weighted by Crippen LogP contribution is 2.33. The molecule has 0 unspecified atom stereocenters. The second-order valence-corrected chi connectivity index (χ2v) is 6.75. The minimum atomic E-state index is -4.42. The van der Waals surface area contributed by atoms with Crippen molar-refractivity contribution >= 4 is 17.7 Å². The highest BCUT2D eigenvalue weighted by Gasteiger charge is 2.27. The van der Waals surface area contributed by atoms with Crippen LogP contribution in [0.1, 0.15) is 44.0 Å². The molecule has 0 bridgehead atoms. The first-order chi connectivity index (χ1) is 11.9. The van der Waals surface area contributed by atoms with Crippen molar-refractivity contribution in [2.24, 2.45) is 0 Å². The molecule has 1 N–H and O–H groups in total. The predicted octanol–water partition coefficient (Wildman–Crippen LogP) is 2.74. The van der Waals surface area contributed by atoms with Gasteiger partial charge in [-0.05, 0) is 25.5 Å². The minimum absolute atomic E-state index is 0.361. The fourth-order valence-corrected chi connectivity index (χ4v) is 3.50. The van der Waals surface area contributed by atoms with E-state index >= 15 is 0 Å². The van der Waals surface area contributed by atoms with Gasteiger partial charge in [0.2, 0.25) is 5.91 Å². The average molecular weight is 380 g/mol. The van der Waals surface area contributed by atoms with Gasteiger partial charge in [0.1, 0.15) is 19.0 Å². The zero-order chi connectivity index (χ0) is 18.3. The van der Waals surface area contributed by atoms with Gasteiger partial charge in [-0.15, -0.1) is 10.2 Å². The molecular formula is C15H23F3N4O2S. The molecule has 1 amide bonds. The van der Waals surface area contributed by atoms with Crippen molar-refractivity contribution in [2.45, 2.75) is 55.9 Å². The van der Waals surface area contributed by atoms with Crippen LogP contribution in [0.2, 0.25) is 0 Å². The molecule has 1 fully saturated rings. The van der Waals surface area contributed by atoms with E-state index in [0.717, 1.165) is 23.8 Å². The molecule has 1 aromatic rings. The minimum Gasteiger partial charge on any atom is -0.362 e. The molecule has 142 valence electrons. The van der Waals surface area contributed by atoms with Crippen molar-refractivity contribution in [2.75, 3.05) is 26.0 Å². The van der Waals surface area contributed by atoms with E-state index in [9.17, 15) is 18.0 Å².